The van der Waals surface area contributed by atoms with E-state index in [0.29, 0.717) is 17.3 Å². The van der Waals surface area contributed by atoms with Gasteiger partial charge < -0.3 is 16.4 Å². The Hall–Kier alpha value is -1.71. The molecule has 4 N–H and O–H groups in total. The second kappa shape index (κ2) is 4.88. The van der Waals surface area contributed by atoms with E-state index in [4.69, 9.17) is 11.5 Å². The van der Waals surface area contributed by atoms with Gasteiger partial charge in [0.15, 0.2) is 0 Å². The number of rotatable bonds is 4. The maximum atomic E-state index is 11.2. The van der Waals surface area contributed by atoms with Crippen molar-refractivity contribution in [2.45, 2.75) is 26.8 Å². The van der Waals surface area contributed by atoms with Crippen LogP contribution in [0.15, 0.2) is 18.2 Å². The summed E-state index contributed by atoms with van der Waals surface area (Å²) in [4.78, 5) is 13.3. The lowest BCUT2D eigenvalue weighted by Gasteiger charge is -2.29. The molecule has 88 valence electrons. The monoisotopic (exact) mass is 221 g/mol. The fraction of sp³-hybridized carbons (Fsp3) is 0.417. The standard InChI is InChI=1S/C12H19N3O/c1-4-15(8(2)3)10-7-5-6-9(11(10)13)12(14)16/h5-8H,4,13H2,1-3H3,(H2,14,16). The van der Waals surface area contributed by atoms with Gasteiger partial charge in [-0.3, -0.25) is 4.79 Å². The van der Waals surface area contributed by atoms with Crippen molar-refractivity contribution in [1.29, 1.82) is 0 Å². The van der Waals surface area contributed by atoms with Gasteiger partial charge in [-0.1, -0.05) is 6.07 Å². The molecule has 0 radical (unpaired) electrons. The Bertz CT molecular complexity index is 388. The lowest BCUT2D eigenvalue weighted by atomic mass is 10.1. The molecule has 0 saturated heterocycles. The molecular weight excluding hydrogens is 202 g/mol. The molecule has 0 fully saturated rings. The maximum Gasteiger partial charge on any atom is 0.250 e. The Morgan fingerprint density at radius 1 is 1.44 bits per heavy atom. The van der Waals surface area contributed by atoms with Gasteiger partial charge >= 0.3 is 0 Å². The number of benzene rings is 1. The number of carbonyl (C=O) groups is 1. The summed E-state index contributed by atoms with van der Waals surface area (Å²) in [6.07, 6.45) is 0. The van der Waals surface area contributed by atoms with Gasteiger partial charge in [0.2, 0.25) is 0 Å². The van der Waals surface area contributed by atoms with E-state index in [1.165, 1.54) is 0 Å². The van der Waals surface area contributed by atoms with Crippen molar-refractivity contribution in [2.75, 3.05) is 17.2 Å². The van der Waals surface area contributed by atoms with Gasteiger partial charge in [0.1, 0.15) is 0 Å². The highest BCUT2D eigenvalue weighted by Gasteiger charge is 2.15. The quantitative estimate of drug-likeness (QED) is 0.758. The number of amides is 1. The van der Waals surface area contributed by atoms with Crippen LogP contribution in [0.2, 0.25) is 0 Å². The number of carbonyl (C=O) groups excluding carboxylic acids is 1. The maximum absolute atomic E-state index is 11.2. The highest BCUT2D eigenvalue weighted by molar-refractivity contribution is 6.00. The third-order valence-electron chi connectivity index (χ3n) is 2.62. The highest BCUT2D eigenvalue weighted by Crippen LogP contribution is 2.27. The second-order valence-corrected chi connectivity index (χ2v) is 3.98. The number of primary amides is 1. The summed E-state index contributed by atoms with van der Waals surface area (Å²) in [6.45, 7) is 7.06. The van der Waals surface area contributed by atoms with Crippen LogP contribution in [0, 0.1) is 0 Å². The molecule has 0 heterocycles. The Balaban J connectivity index is 3.23. The Kier molecular flexibility index (Phi) is 3.77. The first-order valence-corrected chi connectivity index (χ1v) is 5.44. The molecule has 1 rings (SSSR count). The third kappa shape index (κ3) is 2.27. The van der Waals surface area contributed by atoms with Crippen LogP contribution in [-0.4, -0.2) is 18.5 Å². The molecule has 0 aliphatic heterocycles. The van der Waals surface area contributed by atoms with Crippen LogP contribution in [0.4, 0.5) is 11.4 Å². The lowest BCUT2D eigenvalue weighted by molar-refractivity contribution is 0.100. The van der Waals surface area contributed by atoms with Crippen molar-refractivity contribution in [2.24, 2.45) is 5.73 Å². The van der Waals surface area contributed by atoms with Gasteiger partial charge in [0.05, 0.1) is 16.9 Å². The minimum absolute atomic E-state index is 0.329. The summed E-state index contributed by atoms with van der Waals surface area (Å²) in [5.41, 5.74) is 12.9. The van der Waals surface area contributed by atoms with Gasteiger partial charge in [-0.25, -0.2) is 0 Å². The van der Waals surface area contributed by atoms with E-state index in [0.717, 1.165) is 12.2 Å². The first-order chi connectivity index (χ1) is 7.49. The molecule has 0 aliphatic rings. The van der Waals surface area contributed by atoms with Gasteiger partial charge in [0.25, 0.3) is 5.91 Å². The number of anilines is 2. The molecule has 0 saturated carbocycles. The fourth-order valence-corrected chi connectivity index (χ4v) is 1.83. The SMILES string of the molecule is CCN(c1cccc(C(N)=O)c1N)C(C)C. The number of hydrogen-bond donors (Lipinski definition) is 2. The van der Waals surface area contributed by atoms with Crippen LogP contribution in [0.25, 0.3) is 0 Å². The lowest BCUT2D eigenvalue weighted by Crippen LogP contribution is -2.31. The smallest absolute Gasteiger partial charge is 0.250 e. The van der Waals surface area contributed by atoms with Gasteiger partial charge in [0, 0.05) is 12.6 Å². The molecule has 1 aromatic rings. The van der Waals surface area contributed by atoms with E-state index in [-0.39, 0.29) is 0 Å². The van der Waals surface area contributed by atoms with Crippen molar-refractivity contribution in [3.63, 3.8) is 0 Å². The first-order valence-electron chi connectivity index (χ1n) is 5.44. The largest absolute Gasteiger partial charge is 0.396 e. The molecule has 4 nitrogen and oxygen atoms in total. The average Bonchev–Trinajstić information content (AvgIpc) is 2.20. The Morgan fingerprint density at radius 2 is 2.06 bits per heavy atom. The summed E-state index contributed by atoms with van der Waals surface area (Å²) in [6, 6.07) is 5.69. The zero-order valence-corrected chi connectivity index (χ0v) is 10.0. The van der Waals surface area contributed by atoms with Gasteiger partial charge in [-0.2, -0.15) is 0 Å². The van der Waals surface area contributed by atoms with Crippen molar-refractivity contribution < 1.29 is 4.79 Å². The molecule has 16 heavy (non-hydrogen) atoms. The predicted molar refractivity (Wildman–Crippen MR) is 67.5 cm³/mol. The molecule has 1 amide bonds. The molecule has 0 atom stereocenters. The molecular formula is C12H19N3O. The number of hydrogen-bond acceptors (Lipinski definition) is 3. The van der Waals surface area contributed by atoms with Crippen LogP contribution in [0.3, 0.4) is 0 Å². The van der Waals surface area contributed by atoms with Crippen LogP contribution in [0.1, 0.15) is 31.1 Å². The van der Waals surface area contributed by atoms with Crippen LogP contribution >= 0.6 is 0 Å². The highest BCUT2D eigenvalue weighted by atomic mass is 16.1. The zero-order valence-electron chi connectivity index (χ0n) is 10.0. The molecule has 0 unspecified atom stereocenters. The van der Waals surface area contributed by atoms with Crippen LogP contribution < -0.4 is 16.4 Å². The van der Waals surface area contributed by atoms with Gasteiger partial charge in [-0.15, -0.1) is 0 Å². The minimum atomic E-state index is -0.487. The van der Waals surface area contributed by atoms with Crippen LogP contribution in [-0.2, 0) is 0 Å². The minimum Gasteiger partial charge on any atom is -0.396 e. The summed E-state index contributed by atoms with van der Waals surface area (Å²) < 4.78 is 0. The van der Waals surface area contributed by atoms with Gasteiger partial charge in [-0.05, 0) is 32.9 Å². The molecule has 0 aromatic heterocycles. The summed E-state index contributed by atoms with van der Waals surface area (Å²) in [5, 5.41) is 0. The van der Waals surface area contributed by atoms with Crippen molar-refractivity contribution in [3.8, 4) is 0 Å². The normalized spacial score (nSPS) is 10.5. The molecule has 4 heteroatoms. The number of para-hydroxylation sites is 1. The Labute approximate surface area is 96.2 Å². The predicted octanol–water partition coefficient (Wildman–Crippen LogP) is 1.60. The summed E-state index contributed by atoms with van der Waals surface area (Å²) in [7, 11) is 0. The fourth-order valence-electron chi connectivity index (χ4n) is 1.83. The molecule has 0 bridgehead atoms. The molecule has 1 aromatic carbocycles. The summed E-state index contributed by atoms with van der Waals surface area (Å²) in [5.74, 6) is -0.487. The van der Waals surface area contributed by atoms with E-state index < -0.39 is 5.91 Å². The van der Waals surface area contributed by atoms with E-state index in [1.54, 1.807) is 12.1 Å². The Morgan fingerprint density at radius 3 is 2.50 bits per heavy atom. The van der Waals surface area contributed by atoms with E-state index in [9.17, 15) is 4.79 Å². The van der Waals surface area contributed by atoms with Crippen molar-refractivity contribution in [3.05, 3.63) is 23.8 Å². The van der Waals surface area contributed by atoms with E-state index in [2.05, 4.69) is 25.7 Å². The number of nitrogens with zero attached hydrogens (tertiary/aromatic N) is 1. The molecule has 0 aliphatic carbocycles. The second-order valence-electron chi connectivity index (χ2n) is 3.98. The average molecular weight is 221 g/mol. The number of nitrogen functional groups attached to an aromatic ring is 1. The number of nitrogens with two attached hydrogens (primary N) is 2. The summed E-state index contributed by atoms with van der Waals surface area (Å²) >= 11 is 0. The zero-order chi connectivity index (χ0) is 12.3. The first kappa shape index (κ1) is 12.4. The van der Waals surface area contributed by atoms with Crippen molar-refractivity contribution in [1.82, 2.24) is 0 Å². The van der Waals surface area contributed by atoms with Crippen molar-refractivity contribution >= 4 is 17.3 Å². The van der Waals surface area contributed by atoms with E-state index in [1.807, 2.05) is 6.07 Å². The van der Waals surface area contributed by atoms with Crippen LogP contribution in [0.5, 0.6) is 0 Å². The van der Waals surface area contributed by atoms with E-state index >= 15 is 0 Å². The topological polar surface area (TPSA) is 72.3 Å². The molecule has 0 spiro atoms. The third-order valence-corrected chi connectivity index (χ3v) is 2.62.